The molecule has 2 aliphatic rings. The number of rotatable bonds is 6. The minimum absolute atomic E-state index is 0.0116. The van der Waals surface area contributed by atoms with Crippen molar-refractivity contribution in [1.82, 2.24) is 4.57 Å². The van der Waals surface area contributed by atoms with Crippen LogP contribution in [-0.4, -0.2) is 9.49 Å². The molecule has 0 saturated carbocycles. The Morgan fingerprint density at radius 1 is 1.05 bits per heavy atom. The third kappa shape index (κ3) is 5.20. The van der Waals surface area contributed by atoms with E-state index in [9.17, 15) is 19.3 Å². The highest BCUT2D eigenvalue weighted by Gasteiger charge is 2.32. The molecule has 0 fully saturated rings. The van der Waals surface area contributed by atoms with Gasteiger partial charge in [-0.2, -0.15) is 0 Å². The zero-order valence-corrected chi connectivity index (χ0v) is 25.5. The lowest BCUT2D eigenvalue weighted by molar-refractivity contribution is -0.384. The van der Waals surface area contributed by atoms with Crippen molar-refractivity contribution in [2.24, 2.45) is 4.99 Å². The number of hydrogen-bond acceptors (Lipinski definition) is 6. The fourth-order valence-corrected chi connectivity index (χ4v) is 7.12. The van der Waals surface area contributed by atoms with Gasteiger partial charge >= 0.3 is 0 Å². The van der Waals surface area contributed by atoms with Gasteiger partial charge in [-0.05, 0) is 83.6 Å². The fraction of sp³-hybridized carbons (Fsp3) is 0.118. The number of thiazole rings is 1. The van der Waals surface area contributed by atoms with Crippen molar-refractivity contribution in [2.45, 2.75) is 25.5 Å². The molecule has 1 aliphatic carbocycles. The summed E-state index contributed by atoms with van der Waals surface area (Å²) < 4.78 is 23.1. The highest BCUT2D eigenvalue weighted by atomic mass is 79.9. The van der Waals surface area contributed by atoms with Crippen LogP contribution in [0.4, 0.5) is 10.1 Å². The van der Waals surface area contributed by atoms with Crippen molar-refractivity contribution in [2.75, 3.05) is 0 Å². The number of nitro groups is 1. The highest BCUT2D eigenvalue weighted by molar-refractivity contribution is 9.10. The van der Waals surface area contributed by atoms with Crippen LogP contribution < -0.4 is 19.6 Å². The first-order chi connectivity index (χ1) is 21.4. The number of nitro benzene ring substituents is 1. The lowest BCUT2D eigenvalue weighted by Gasteiger charge is -2.30. The summed E-state index contributed by atoms with van der Waals surface area (Å²) in [5, 5.41) is 11.0. The van der Waals surface area contributed by atoms with E-state index in [1.807, 2.05) is 30.3 Å². The number of non-ortho nitro benzene ring substituents is 1. The maximum atomic E-state index is 14.1. The highest BCUT2D eigenvalue weighted by Crippen LogP contribution is 2.41. The van der Waals surface area contributed by atoms with Crippen molar-refractivity contribution >= 4 is 44.7 Å². The number of aryl methyl sites for hydroxylation is 1. The van der Waals surface area contributed by atoms with Gasteiger partial charge in [-0.1, -0.05) is 63.7 Å². The van der Waals surface area contributed by atoms with Gasteiger partial charge in [0, 0.05) is 27.7 Å². The predicted molar refractivity (Wildman–Crippen MR) is 171 cm³/mol. The van der Waals surface area contributed by atoms with Crippen molar-refractivity contribution < 1.29 is 14.1 Å². The molecular formula is C34H23BrFN3O4S. The topological polar surface area (TPSA) is 86.7 Å². The van der Waals surface area contributed by atoms with Gasteiger partial charge in [0.15, 0.2) is 4.80 Å². The molecule has 0 bridgehead atoms. The van der Waals surface area contributed by atoms with Gasteiger partial charge in [0.1, 0.15) is 18.2 Å². The van der Waals surface area contributed by atoms with Crippen LogP contribution in [0.25, 0.3) is 11.8 Å². The Hall–Kier alpha value is -4.67. The molecule has 10 heteroatoms. The Morgan fingerprint density at radius 3 is 2.59 bits per heavy atom. The molecule has 1 atom stereocenters. The molecule has 0 unspecified atom stereocenters. The molecule has 2 heterocycles. The zero-order chi connectivity index (χ0) is 30.4. The number of benzene rings is 4. The quantitative estimate of drug-likeness (QED) is 0.149. The largest absolute Gasteiger partial charge is 0.488 e. The van der Waals surface area contributed by atoms with Crippen LogP contribution in [0.3, 0.4) is 0 Å². The van der Waals surface area contributed by atoms with Crippen LogP contribution >= 0.6 is 27.3 Å². The molecule has 44 heavy (non-hydrogen) atoms. The second-order valence-corrected chi connectivity index (χ2v) is 12.5. The predicted octanol–water partition coefficient (Wildman–Crippen LogP) is 6.71. The smallest absolute Gasteiger partial charge is 0.271 e. The van der Waals surface area contributed by atoms with Crippen LogP contribution in [0.15, 0.2) is 111 Å². The van der Waals surface area contributed by atoms with Crippen molar-refractivity contribution in [1.29, 1.82) is 0 Å². The van der Waals surface area contributed by atoms with E-state index in [2.05, 4.69) is 28.1 Å². The van der Waals surface area contributed by atoms with Gasteiger partial charge in [-0.3, -0.25) is 19.5 Å². The van der Waals surface area contributed by atoms with E-state index in [1.165, 1.54) is 41.2 Å². The number of allylic oxidation sites excluding steroid dienone is 1. The number of halogens is 2. The average Bonchev–Trinajstić information content (AvgIpc) is 3.34. The van der Waals surface area contributed by atoms with Crippen molar-refractivity contribution in [3.63, 3.8) is 0 Å². The number of nitrogens with zero attached hydrogens (tertiary/aromatic N) is 3. The fourth-order valence-electron chi connectivity index (χ4n) is 5.75. The Balaban J connectivity index is 1.33. The van der Waals surface area contributed by atoms with E-state index in [0.717, 1.165) is 45.3 Å². The van der Waals surface area contributed by atoms with Gasteiger partial charge < -0.3 is 4.74 Å². The monoisotopic (exact) mass is 667 g/mol. The van der Waals surface area contributed by atoms with Crippen LogP contribution in [0.2, 0.25) is 0 Å². The summed E-state index contributed by atoms with van der Waals surface area (Å²) in [4.78, 5) is 30.3. The minimum Gasteiger partial charge on any atom is -0.488 e. The maximum absolute atomic E-state index is 14.1. The number of hydrogen-bond donors (Lipinski definition) is 0. The SMILES string of the molecule is O=c1/c(=C\c2cc(Br)ccc2OCc2ccc([N+](=O)[O-])cc2)sc2n1[C@H](c1ccc(F)cc1)C1=C(N=2)c2ccccc2CC1. The normalized spacial score (nSPS) is 15.7. The lowest BCUT2D eigenvalue weighted by Crippen LogP contribution is -2.38. The first kappa shape index (κ1) is 28.1. The Bertz CT molecular complexity index is 2150. The summed E-state index contributed by atoms with van der Waals surface area (Å²) >= 11 is 4.84. The standard InChI is InChI=1S/C34H23BrFN3O4S/c35-24-10-16-29(43-19-20-5-13-26(14-6-20)39(41)42)23(17-24)18-30-33(40)38-32(22-7-11-25(36)12-8-22)28-15-9-21-3-1-2-4-27(21)31(28)37-34(38)44-30/h1-8,10-14,16-18,32H,9,15,19H2/b30-18+/t32-/m1/s1. The molecule has 0 amide bonds. The van der Waals surface area contributed by atoms with E-state index in [-0.39, 0.29) is 23.7 Å². The Kier molecular flexibility index (Phi) is 7.31. The first-order valence-corrected chi connectivity index (χ1v) is 15.5. The maximum Gasteiger partial charge on any atom is 0.271 e. The molecule has 1 aromatic heterocycles. The van der Waals surface area contributed by atoms with Crippen molar-refractivity contribution in [3.8, 4) is 5.75 Å². The van der Waals surface area contributed by atoms with E-state index >= 15 is 0 Å². The molecule has 1 aliphatic heterocycles. The molecule has 0 saturated heterocycles. The van der Waals surface area contributed by atoms with E-state index < -0.39 is 11.0 Å². The first-order valence-electron chi connectivity index (χ1n) is 13.9. The molecular weight excluding hydrogens is 645 g/mol. The summed E-state index contributed by atoms with van der Waals surface area (Å²) in [6.45, 7) is 0.193. The lowest BCUT2D eigenvalue weighted by atomic mass is 9.83. The molecule has 0 N–H and O–H groups in total. The van der Waals surface area contributed by atoms with Crippen LogP contribution in [0.5, 0.6) is 5.75 Å². The van der Waals surface area contributed by atoms with Gasteiger partial charge in [-0.25, -0.2) is 9.38 Å². The summed E-state index contributed by atoms with van der Waals surface area (Å²) in [7, 11) is 0. The number of aromatic nitrogens is 1. The molecule has 4 aromatic carbocycles. The van der Waals surface area contributed by atoms with Crippen LogP contribution in [0, 0.1) is 15.9 Å². The molecule has 0 radical (unpaired) electrons. The molecule has 7 nitrogen and oxygen atoms in total. The summed E-state index contributed by atoms with van der Waals surface area (Å²) in [5.41, 5.74) is 6.33. The molecule has 218 valence electrons. The van der Waals surface area contributed by atoms with Gasteiger partial charge in [-0.15, -0.1) is 0 Å². The average molecular weight is 669 g/mol. The third-order valence-electron chi connectivity index (χ3n) is 7.86. The van der Waals surface area contributed by atoms with E-state index in [0.29, 0.717) is 20.6 Å². The molecule has 0 spiro atoms. The second kappa shape index (κ2) is 11.4. The number of fused-ring (bicyclic) bond motifs is 3. The number of ether oxygens (including phenoxy) is 1. The van der Waals surface area contributed by atoms with E-state index in [4.69, 9.17) is 9.73 Å². The van der Waals surface area contributed by atoms with Gasteiger partial charge in [0.25, 0.3) is 11.2 Å². The van der Waals surface area contributed by atoms with Crippen molar-refractivity contribution in [3.05, 3.63) is 164 Å². The van der Waals surface area contributed by atoms with Gasteiger partial charge in [0.2, 0.25) is 0 Å². The Morgan fingerprint density at radius 2 is 1.82 bits per heavy atom. The van der Waals surface area contributed by atoms with Crippen LogP contribution in [-0.2, 0) is 13.0 Å². The summed E-state index contributed by atoms with van der Waals surface area (Å²) in [5.74, 6) is 0.223. The van der Waals surface area contributed by atoms with Gasteiger partial charge in [0.05, 0.1) is 21.2 Å². The molecule has 5 aromatic rings. The Labute approximate surface area is 263 Å². The molecule has 7 rings (SSSR count). The summed E-state index contributed by atoms with van der Waals surface area (Å²) in [6.07, 6.45) is 3.38. The minimum atomic E-state index is -0.441. The van der Waals surface area contributed by atoms with Crippen LogP contribution in [0.1, 0.15) is 40.3 Å². The third-order valence-corrected chi connectivity index (χ3v) is 9.33. The van der Waals surface area contributed by atoms with E-state index in [1.54, 1.807) is 34.9 Å². The second-order valence-electron chi connectivity index (χ2n) is 10.6. The zero-order valence-electron chi connectivity index (χ0n) is 23.1. The summed E-state index contributed by atoms with van der Waals surface area (Å²) in [6, 6.07) is 25.9.